The molecule has 0 saturated carbocycles. The van der Waals surface area contributed by atoms with Crippen LogP contribution >= 0.6 is 11.6 Å². The standard InChI is InChI=1S/C24H32N2O5.C18H31BO6.C12H13ClN2O.2CH4/c1-5-9-19(27)23-18(25-16-10-6-7-11-17(16)26-23)14-15-21-20(30-24(2,3)31-21)12-8-13-22(28)29-4;1-16(2)17(3,4)25-19(24-16)12-11-14-13(22-18(5,6)23-14)9-8-10-15(20)21-7;1-2-5-10(16)11-12(13)15-9-7-4-3-6-8(9)14-11;;/h6-7,10-11,14-15,19-21,27H,5,8-9,12-13H2,1-4H3;11-14H,8-10H2,1-7H3;3-4,6-7,10,16H,2,5H2,1H3;2*1H4/b15-14+;12-11+;;;/t19-,20+,21-;13-,14+;10-;;/m101../s1. The van der Waals surface area contributed by atoms with Crippen LogP contribution in [0.1, 0.15) is 178 Å². The van der Waals surface area contributed by atoms with Crippen LogP contribution in [0.2, 0.25) is 5.15 Å². The van der Waals surface area contributed by atoms with Gasteiger partial charge in [-0.25, -0.2) is 19.9 Å². The largest absolute Gasteiger partial charge is 0.486 e. The van der Waals surface area contributed by atoms with Crippen LogP contribution in [0, 0.1) is 0 Å². The highest BCUT2D eigenvalue weighted by molar-refractivity contribution is 6.51. The number of methoxy groups -OCH3 is 2. The third-order valence-electron chi connectivity index (χ3n) is 12.7. The van der Waals surface area contributed by atoms with Gasteiger partial charge in [-0.05, 0) is 124 Å². The Morgan fingerprint density at radius 2 is 1.05 bits per heavy atom. The molecule has 2 aromatic heterocycles. The van der Waals surface area contributed by atoms with Gasteiger partial charge >= 0.3 is 19.1 Å². The van der Waals surface area contributed by atoms with Crippen LogP contribution in [-0.2, 0) is 47.3 Å². The van der Waals surface area contributed by atoms with Crippen molar-refractivity contribution in [3.8, 4) is 0 Å². The number of aliphatic hydroxyl groups excluding tert-OH is 2. The van der Waals surface area contributed by atoms with Crippen molar-refractivity contribution in [3.05, 3.63) is 88.9 Å². The molecule has 3 saturated heterocycles. The van der Waals surface area contributed by atoms with Crippen molar-refractivity contribution >= 4 is 58.8 Å². The van der Waals surface area contributed by atoms with Crippen LogP contribution in [0.25, 0.3) is 28.1 Å². The van der Waals surface area contributed by atoms with Gasteiger partial charge in [0.25, 0.3) is 0 Å². The Kier molecular flexibility index (Phi) is 24.7. The van der Waals surface area contributed by atoms with Crippen LogP contribution in [0.5, 0.6) is 0 Å². The van der Waals surface area contributed by atoms with E-state index in [1.165, 1.54) is 14.2 Å². The number of rotatable bonds is 18. The SMILES string of the molecule is C.C.CCC[C@@H](O)c1nc2ccccc2nc1/C=C/[C@H]1OC(C)(C)O[C@H]1CCCC(=O)OC.CCC[C@@H](O)c1nc2ccccc2nc1Cl.COC(=O)CCC[C@@H]1OC(C)(C)O[C@@H]1/C=C/B1OC(C)(C)C(C)(C)O1. The second-order valence-electron chi connectivity index (χ2n) is 20.1. The predicted octanol–water partition coefficient (Wildman–Crippen LogP) is 11.8. The lowest BCUT2D eigenvalue weighted by molar-refractivity contribution is -0.145. The average molecular weight is 1050 g/mol. The molecule has 2 aromatic carbocycles. The van der Waals surface area contributed by atoms with Gasteiger partial charge in [0.15, 0.2) is 16.7 Å². The lowest BCUT2D eigenvalue weighted by Gasteiger charge is -2.32. The van der Waals surface area contributed by atoms with E-state index in [2.05, 4.69) is 19.7 Å². The summed E-state index contributed by atoms with van der Waals surface area (Å²) in [6.45, 7) is 19.7. The minimum Gasteiger partial charge on any atom is -0.469 e. The Morgan fingerprint density at radius 3 is 1.50 bits per heavy atom. The van der Waals surface area contributed by atoms with Crippen molar-refractivity contribution in [1.29, 1.82) is 0 Å². The molecule has 7 rings (SSSR count). The number of hydrogen-bond donors (Lipinski definition) is 2. The molecule has 6 atom stereocenters. The summed E-state index contributed by atoms with van der Waals surface area (Å²) < 4.78 is 45.4. The van der Waals surface area contributed by atoms with E-state index in [4.69, 9.17) is 49.6 Å². The number of carbonyl (C=O) groups excluding carboxylic acids is 2. The fraction of sp³-hybridized carbons (Fsp3) is 0.607. The zero-order valence-corrected chi connectivity index (χ0v) is 44.9. The second-order valence-corrected chi connectivity index (χ2v) is 20.4. The topological polar surface area (TPSA) is 200 Å². The molecule has 410 valence electrons. The molecule has 0 spiro atoms. The Hall–Kier alpha value is -4.43. The van der Waals surface area contributed by atoms with E-state index in [9.17, 15) is 19.8 Å². The lowest BCUT2D eigenvalue weighted by atomic mass is 9.88. The van der Waals surface area contributed by atoms with E-state index in [0.717, 1.165) is 41.3 Å². The number of aliphatic hydroxyl groups is 2. The van der Waals surface area contributed by atoms with Crippen molar-refractivity contribution in [2.75, 3.05) is 14.2 Å². The average Bonchev–Trinajstić information content (AvgIpc) is 3.88. The summed E-state index contributed by atoms with van der Waals surface area (Å²) in [6.07, 6.45) is 10.0. The van der Waals surface area contributed by atoms with Crippen molar-refractivity contribution in [1.82, 2.24) is 19.9 Å². The quantitative estimate of drug-likeness (QED) is 0.0703. The third-order valence-corrected chi connectivity index (χ3v) is 13.0. The molecule has 0 radical (unpaired) electrons. The highest BCUT2D eigenvalue weighted by Gasteiger charge is 2.50. The van der Waals surface area contributed by atoms with E-state index in [-0.39, 0.29) is 62.4 Å². The molecule has 0 bridgehead atoms. The maximum absolute atomic E-state index is 11.4. The Labute approximate surface area is 445 Å². The van der Waals surface area contributed by atoms with Gasteiger partial charge in [-0.3, -0.25) is 9.59 Å². The first-order valence-electron chi connectivity index (χ1n) is 25.1. The summed E-state index contributed by atoms with van der Waals surface area (Å²) in [5, 5.41) is 20.8. The summed E-state index contributed by atoms with van der Waals surface area (Å²) in [4.78, 5) is 40.7. The van der Waals surface area contributed by atoms with Crippen LogP contribution < -0.4 is 0 Å². The Morgan fingerprint density at radius 1 is 0.649 bits per heavy atom. The minimum atomic E-state index is -0.718. The normalized spacial score (nSPS) is 22.0. The molecule has 74 heavy (non-hydrogen) atoms. The van der Waals surface area contributed by atoms with Crippen molar-refractivity contribution in [2.24, 2.45) is 0 Å². The molecule has 3 aliphatic heterocycles. The first-order chi connectivity index (χ1) is 34.0. The summed E-state index contributed by atoms with van der Waals surface area (Å²) >= 11 is 6.00. The molecule has 0 unspecified atom stereocenters. The number of carbonyl (C=O) groups is 2. The van der Waals surface area contributed by atoms with E-state index in [0.29, 0.717) is 67.2 Å². The maximum Gasteiger partial charge on any atom is 0.486 e. The number of fused-ring (bicyclic) bond motifs is 2. The first kappa shape index (κ1) is 63.9. The highest BCUT2D eigenvalue weighted by atomic mass is 35.5. The molecule has 0 amide bonds. The van der Waals surface area contributed by atoms with E-state index >= 15 is 0 Å². The van der Waals surface area contributed by atoms with Gasteiger partial charge in [-0.15, -0.1) is 0 Å². The number of esters is 2. The van der Waals surface area contributed by atoms with Gasteiger partial charge in [0, 0.05) is 12.8 Å². The Balaban J connectivity index is 0.000000302. The number of para-hydroxylation sites is 4. The molecular weight excluding hydrogens is 967 g/mol. The van der Waals surface area contributed by atoms with Gasteiger partial charge in [-0.1, -0.05) is 95.5 Å². The predicted molar refractivity (Wildman–Crippen MR) is 291 cm³/mol. The molecular formula is C56H84BClN4O12. The molecule has 3 aliphatic rings. The van der Waals surface area contributed by atoms with Gasteiger partial charge in [0.2, 0.25) is 0 Å². The zero-order valence-electron chi connectivity index (χ0n) is 44.2. The van der Waals surface area contributed by atoms with Crippen molar-refractivity contribution in [3.63, 3.8) is 0 Å². The third kappa shape index (κ3) is 18.1. The van der Waals surface area contributed by atoms with Crippen molar-refractivity contribution < 1.29 is 57.5 Å². The number of benzene rings is 2. The highest BCUT2D eigenvalue weighted by Crippen LogP contribution is 2.38. The monoisotopic (exact) mass is 1050 g/mol. The lowest BCUT2D eigenvalue weighted by Crippen LogP contribution is -2.41. The van der Waals surface area contributed by atoms with Gasteiger partial charge in [0.1, 0.15) is 17.9 Å². The second kappa shape index (κ2) is 28.6. The number of halogens is 1. The van der Waals surface area contributed by atoms with Gasteiger partial charge in [-0.2, -0.15) is 0 Å². The first-order valence-corrected chi connectivity index (χ1v) is 25.5. The number of aromatic nitrogens is 4. The molecule has 5 heterocycles. The zero-order chi connectivity index (χ0) is 52.9. The van der Waals surface area contributed by atoms with Crippen LogP contribution in [-0.4, -0.2) is 111 Å². The maximum atomic E-state index is 11.4. The summed E-state index contributed by atoms with van der Waals surface area (Å²) in [5.41, 5.74) is 3.97. The van der Waals surface area contributed by atoms with Crippen LogP contribution in [0.15, 0.2) is 66.7 Å². The fourth-order valence-electron chi connectivity index (χ4n) is 8.37. The number of nitrogens with zero attached hydrogens (tertiary/aromatic N) is 4. The van der Waals surface area contributed by atoms with Gasteiger partial charge in [0.05, 0.1) is 83.3 Å². The molecule has 16 nitrogen and oxygen atoms in total. The van der Waals surface area contributed by atoms with Crippen molar-refractivity contribution in [2.45, 2.75) is 208 Å². The minimum absolute atomic E-state index is 0. The number of hydrogen-bond acceptors (Lipinski definition) is 16. The Bertz CT molecular complexity index is 2450. The van der Waals surface area contributed by atoms with Crippen LogP contribution in [0.3, 0.4) is 0 Å². The molecule has 3 fully saturated rings. The fourth-order valence-corrected chi connectivity index (χ4v) is 8.63. The molecule has 0 aliphatic carbocycles. The molecule has 4 aromatic rings. The summed E-state index contributed by atoms with van der Waals surface area (Å²) in [7, 11) is 2.38. The van der Waals surface area contributed by atoms with E-state index in [1.807, 2.05) is 142 Å². The molecule has 2 N–H and O–H groups in total. The summed E-state index contributed by atoms with van der Waals surface area (Å²) in [5.74, 6) is 0.0822. The smallest absolute Gasteiger partial charge is 0.469 e. The van der Waals surface area contributed by atoms with E-state index in [1.54, 1.807) is 0 Å². The summed E-state index contributed by atoms with van der Waals surface area (Å²) in [6, 6.07) is 15.1. The van der Waals surface area contributed by atoms with Gasteiger partial charge < -0.3 is 47.9 Å². The number of ether oxygens (including phenoxy) is 6. The van der Waals surface area contributed by atoms with Crippen LogP contribution in [0.4, 0.5) is 0 Å². The van der Waals surface area contributed by atoms with E-state index < -0.39 is 30.9 Å². The molecule has 18 heteroatoms.